The first-order chi connectivity index (χ1) is 8.93. The molecule has 0 aromatic rings. The lowest BCUT2D eigenvalue weighted by Crippen LogP contribution is -2.31. The highest BCUT2D eigenvalue weighted by Crippen LogP contribution is 2.28. The van der Waals surface area contributed by atoms with Gasteiger partial charge in [0.25, 0.3) is 0 Å². The highest BCUT2D eigenvalue weighted by molar-refractivity contribution is 5.87. The van der Waals surface area contributed by atoms with E-state index in [1.54, 1.807) is 0 Å². The minimum Gasteiger partial charge on any atom is -0.372 e. The fraction of sp³-hybridized carbons (Fsp3) is 0.857. The molecule has 100 valence electrons. The lowest BCUT2D eigenvalue weighted by Gasteiger charge is -2.25. The number of amidine groups is 2. The third kappa shape index (κ3) is 2.68. The Kier molecular flexibility index (Phi) is 3.81. The molecule has 0 bridgehead atoms. The molecule has 1 saturated carbocycles. The Hall–Kier alpha value is -1.06. The van der Waals surface area contributed by atoms with E-state index in [1.807, 2.05) is 0 Å². The summed E-state index contributed by atoms with van der Waals surface area (Å²) >= 11 is 0. The zero-order valence-electron chi connectivity index (χ0n) is 11.1. The molecule has 3 aliphatic rings. The molecular weight excluding hydrogens is 224 g/mol. The summed E-state index contributed by atoms with van der Waals surface area (Å²) < 4.78 is 0. The SMILES string of the molecule is C1CCC(C2=NCCN2)CCC(C2=NCCN2)C1. The summed E-state index contributed by atoms with van der Waals surface area (Å²) in [6.45, 7) is 4.04. The number of hydrogen-bond donors (Lipinski definition) is 2. The highest BCUT2D eigenvalue weighted by atomic mass is 15.1. The van der Waals surface area contributed by atoms with Crippen molar-refractivity contribution in [3.63, 3.8) is 0 Å². The number of aliphatic imine (C=N–C) groups is 2. The standard InChI is InChI=1S/C14H24N4/c1-2-4-12(14-17-9-10-18-14)6-5-11(3-1)13-15-7-8-16-13/h11-12H,1-10H2,(H,15,16)(H,17,18). The molecule has 2 aliphatic heterocycles. The van der Waals surface area contributed by atoms with E-state index >= 15 is 0 Å². The van der Waals surface area contributed by atoms with Crippen molar-refractivity contribution in [3.8, 4) is 0 Å². The van der Waals surface area contributed by atoms with E-state index in [9.17, 15) is 0 Å². The Bertz CT molecular complexity index is 314. The van der Waals surface area contributed by atoms with Crippen LogP contribution in [0.1, 0.15) is 38.5 Å². The molecule has 0 aromatic heterocycles. The summed E-state index contributed by atoms with van der Waals surface area (Å²) in [7, 11) is 0. The van der Waals surface area contributed by atoms with Crippen molar-refractivity contribution in [1.82, 2.24) is 10.6 Å². The van der Waals surface area contributed by atoms with Crippen molar-refractivity contribution >= 4 is 11.7 Å². The third-order valence-corrected chi connectivity index (χ3v) is 4.39. The summed E-state index contributed by atoms with van der Waals surface area (Å²) in [5, 5.41) is 6.93. The number of nitrogens with one attached hydrogen (secondary N) is 2. The Labute approximate surface area is 109 Å². The number of hydrogen-bond acceptors (Lipinski definition) is 4. The van der Waals surface area contributed by atoms with E-state index in [1.165, 1.54) is 50.2 Å². The lowest BCUT2D eigenvalue weighted by atomic mass is 9.84. The highest BCUT2D eigenvalue weighted by Gasteiger charge is 2.25. The third-order valence-electron chi connectivity index (χ3n) is 4.39. The smallest absolute Gasteiger partial charge is 0.0995 e. The van der Waals surface area contributed by atoms with Crippen LogP contribution in [-0.4, -0.2) is 37.9 Å². The van der Waals surface area contributed by atoms with Crippen LogP contribution in [0.2, 0.25) is 0 Å². The van der Waals surface area contributed by atoms with E-state index < -0.39 is 0 Å². The van der Waals surface area contributed by atoms with Crippen LogP contribution in [0, 0.1) is 11.8 Å². The van der Waals surface area contributed by atoms with Gasteiger partial charge in [-0.2, -0.15) is 0 Å². The van der Waals surface area contributed by atoms with Gasteiger partial charge in [0, 0.05) is 24.9 Å². The topological polar surface area (TPSA) is 48.8 Å². The van der Waals surface area contributed by atoms with Crippen LogP contribution in [0.5, 0.6) is 0 Å². The first-order valence-corrected chi connectivity index (χ1v) is 7.50. The van der Waals surface area contributed by atoms with E-state index in [0.29, 0.717) is 11.8 Å². The molecule has 2 heterocycles. The average Bonchev–Trinajstić information content (AvgIpc) is 3.01. The van der Waals surface area contributed by atoms with Crippen molar-refractivity contribution in [2.75, 3.05) is 26.2 Å². The summed E-state index contributed by atoms with van der Waals surface area (Å²) in [6, 6.07) is 0. The number of rotatable bonds is 2. The van der Waals surface area contributed by atoms with Gasteiger partial charge in [0.1, 0.15) is 0 Å². The maximum Gasteiger partial charge on any atom is 0.0995 e. The van der Waals surface area contributed by atoms with Crippen molar-refractivity contribution in [1.29, 1.82) is 0 Å². The van der Waals surface area contributed by atoms with Crippen LogP contribution in [0.25, 0.3) is 0 Å². The summed E-state index contributed by atoms with van der Waals surface area (Å²) in [5.74, 6) is 3.93. The summed E-state index contributed by atoms with van der Waals surface area (Å²) in [4.78, 5) is 9.23. The maximum absolute atomic E-state index is 4.61. The Balaban J connectivity index is 1.60. The molecule has 1 fully saturated rings. The second-order valence-electron chi connectivity index (χ2n) is 5.64. The second-order valence-corrected chi connectivity index (χ2v) is 5.64. The average molecular weight is 248 g/mol. The van der Waals surface area contributed by atoms with Gasteiger partial charge in [-0.05, 0) is 25.7 Å². The molecule has 0 saturated heterocycles. The Morgan fingerprint density at radius 3 is 1.61 bits per heavy atom. The minimum absolute atomic E-state index is 0.678. The first-order valence-electron chi connectivity index (χ1n) is 7.50. The molecule has 3 rings (SSSR count). The lowest BCUT2D eigenvalue weighted by molar-refractivity contribution is 0.405. The molecule has 1 aliphatic carbocycles. The largest absolute Gasteiger partial charge is 0.372 e. The molecule has 0 radical (unpaired) electrons. The van der Waals surface area contributed by atoms with Crippen LogP contribution in [0.3, 0.4) is 0 Å². The predicted octanol–water partition coefficient (Wildman–Crippen LogP) is 1.58. The van der Waals surface area contributed by atoms with Crippen LogP contribution in [-0.2, 0) is 0 Å². The first kappa shape index (κ1) is 12.0. The molecule has 0 amide bonds. The normalized spacial score (nSPS) is 32.9. The zero-order chi connectivity index (χ0) is 12.2. The maximum atomic E-state index is 4.61. The van der Waals surface area contributed by atoms with Gasteiger partial charge >= 0.3 is 0 Å². The Morgan fingerprint density at radius 1 is 0.722 bits per heavy atom. The van der Waals surface area contributed by atoms with Gasteiger partial charge in [-0.15, -0.1) is 0 Å². The van der Waals surface area contributed by atoms with Crippen LogP contribution in [0.4, 0.5) is 0 Å². The zero-order valence-corrected chi connectivity index (χ0v) is 11.1. The van der Waals surface area contributed by atoms with Crippen LogP contribution < -0.4 is 10.6 Å². The molecule has 0 aromatic carbocycles. The van der Waals surface area contributed by atoms with E-state index in [4.69, 9.17) is 0 Å². The molecular formula is C14H24N4. The predicted molar refractivity (Wildman–Crippen MR) is 75.3 cm³/mol. The van der Waals surface area contributed by atoms with Gasteiger partial charge in [0.15, 0.2) is 0 Å². The minimum atomic E-state index is 0.678. The van der Waals surface area contributed by atoms with Crippen molar-refractivity contribution in [2.45, 2.75) is 38.5 Å². The fourth-order valence-electron chi connectivity index (χ4n) is 3.40. The van der Waals surface area contributed by atoms with Gasteiger partial charge in [-0.25, -0.2) is 0 Å². The van der Waals surface area contributed by atoms with Gasteiger partial charge in [-0.1, -0.05) is 12.8 Å². The van der Waals surface area contributed by atoms with Crippen LogP contribution >= 0.6 is 0 Å². The monoisotopic (exact) mass is 248 g/mol. The molecule has 2 atom stereocenters. The summed E-state index contributed by atoms with van der Waals surface area (Å²) in [6.07, 6.45) is 7.87. The van der Waals surface area contributed by atoms with Gasteiger partial charge in [0.05, 0.1) is 24.8 Å². The van der Waals surface area contributed by atoms with Gasteiger partial charge in [-0.3, -0.25) is 9.98 Å². The van der Waals surface area contributed by atoms with Crippen molar-refractivity contribution in [2.24, 2.45) is 21.8 Å². The molecule has 0 spiro atoms. The molecule has 2 unspecified atom stereocenters. The fourth-order valence-corrected chi connectivity index (χ4v) is 3.40. The van der Waals surface area contributed by atoms with Crippen LogP contribution in [0.15, 0.2) is 9.98 Å². The molecule has 18 heavy (non-hydrogen) atoms. The van der Waals surface area contributed by atoms with Crippen molar-refractivity contribution in [3.05, 3.63) is 0 Å². The molecule has 4 heteroatoms. The Morgan fingerprint density at radius 2 is 1.22 bits per heavy atom. The van der Waals surface area contributed by atoms with E-state index in [0.717, 1.165) is 26.2 Å². The quantitative estimate of drug-likeness (QED) is 0.779. The van der Waals surface area contributed by atoms with Crippen molar-refractivity contribution < 1.29 is 0 Å². The number of nitrogens with zero attached hydrogens (tertiary/aromatic N) is 2. The molecule has 4 nitrogen and oxygen atoms in total. The van der Waals surface area contributed by atoms with Gasteiger partial charge < -0.3 is 10.6 Å². The van der Waals surface area contributed by atoms with E-state index in [-0.39, 0.29) is 0 Å². The van der Waals surface area contributed by atoms with Gasteiger partial charge in [0.2, 0.25) is 0 Å². The second kappa shape index (κ2) is 5.72. The summed E-state index contributed by atoms with van der Waals surface area (Å²) in [5.41, 5.74) is 0. The van der Waals surface area contributed by atoms with E-state index in [2.05, 4.69) is 20.6 Å². The molecule has 2 N–H and O–H groups in total.